The van der Waals surface area contributed by atoms with Gasteiger partial charge in [-0.3, -0.25) is 4.79 Å². The van der Waals surface area contributed by atoms with Gasteiger partial charge in [-0.15, -0.1) is 0 Å². The third-order valence-corrected chi connectivity index (χ3v) is 4.93. The smallest absolute Gasteiger partial charge is 0.249 e. The molecule has 2 aliphatic rings. The number of hydrogen-bond donors (Lipinski definition) is 1. The Hall–Kier alpha value is -2.55. The van der Waals surface area contributed by atoms with Crippen molar-refractivity contribution in [1.29, 1.82) is 0 Å². The van der Waals surface area contributed by atoms with Crippen molar-refractivity contribution < 1.29 is 9.32 Å². The number of hydrogen-bond acceptors (Lipinski definition) is 8. The molecule has 1 atom stereocenters. The summed E-state index contributed by atoms with van der Waals surface area (Å²) in [5.74, 6) is 1.83. The van der Waals surface area contributed by atoms with Gasteiger partial charge >= 0.3 is 0 Å². The van der Waals surface area contributed by atoms with E-state index in [2.05, 4.69) is 30.3 Å². The molecule has 2 aliphatic heterocycles. The molecule has 2 saturated heterocycles. The van der Waals surface area contributed by atoms with Crippen LogP contribution in [-0.4, -0.2) is 63.6 Å². The van der Waals surface area contributed by atoms with Gasteiger partial charge in [0.15, 0.2) is 0 Å². The van der Waals surface area contributed by atoms with Crippen LogP contribution in [0.5, 0.6) is 0 Å². The summed E-state index contributed by atoms with van der Waals surface area (Å²) in [4.78, 5) is 29.4. The molecular weight excluding hydrogens is 334 g/mol. The number of piperazine rings is 1. The Kier molecular flexibility index (Phi) is 4.79. The van der Waals surface area contributed by atoms with Gasteiger partial charge in [-0.2, -0.15) is 4.98 Å². The Bertz CT molecular complexity index is 755. The van der Waals surface area contributed by atoms with Crippen LogP contribution in [0.2, 0.25) is 0 Å². The third-order valence-electron chi connectivity index (χ3n) is 4.93. The van der Waals surface area contributed by atoms with E-state index in [1.165, 1.54) is 0 Å². The molecule has 4 rings (SSSR count). The number of nitrogens with zero attached hydrogens (tertiary/aromatic N) is 6. The standard InChI is InChI=1S/C17H23N7O2/c1-12(24-7-3-2-4-15(24)25)17-21-16(22-26-17)13-10-20-14(11-19-13)23-8-5-18-6-9-23/h10-12,18H,2-9H2,1H3. The Morgan fingerprint density at radius 2 is 2.00 bits per heavy atom. The summed E-state index contributed by atoms with van der Waals surface area (Å²) in [6.07, 6.45) is 5.96. The van der Waals surface area contributed by atoms with Crippen molar-refractivity contribution >= 4 is 11.7 Å². The maximum Gasteiger partial charge on any atom is 0.249 e. The van der Waals surface area contributed by atoms with Gasteiger partial charge in [0.05, 0.1) is 12.4 Å². The normalized spacial score (nSPS) is 19.7. The van der Waals surface area contributed by atoms with Crippen molar-refractivity contribution in [2.75, 3.05) is 37.6 Å². The first kappa shape index (κ1) is 16.9. The number of likely N-dealkylation sites (tertiary alicyclic amines) is 1. The number of amides is 1. The quantitative estimate of drug-likeness (QED) is 0.865. The SMILES string of the molecule is CC(c1nc(-c2cnc(N3CCNCC3)cn2)no1)N1CCCCC1=O. The average Bonchev–Trinajstić information content (AvgIpc) is 3.19. The topological polar surface area (TPSA) is 100 Å². The number of nitrogens with one attached hydrogen (secondary N) is 1. The first-order chi connectivity index (χ1) is 12.7. The lowest BCUT2D eigenvalue weighted by atomic mass is 10.1. The molecule has 26 heavy (non-hydrogen) atoms. The summed E-state index contributed by atoms with van der Waals surface area (Å²) in [5.41, 5.74) is 0.566. The predicted octanol–water partition coefficient (Wildman–Crippen LogP) is 1.01. The molecule has 138 valence electrons. The van der Waals surface area contributed by atoms with Crippen LogP contribution < -0.4 is 10.2 Å². The summed E-state index contributed by atoms with van der Waals surface area (Å²) in [5, 5.41) is 7.33. The van der Waals surface area contributed by atoms with Crippen LogP contribution >= 0.6 is 0 Å². The van der Waals surface area contributed by atoms with E-state index < -0.39 is 0 Å². The van der Waals surface area contributed by atoms with E-state index in [-0.39, 0.29) is 11.9 Å². The van der Waals surface area contributed by atoms with E-state index in [0.717, 1.165) is 51.4 Å². The number of aromatic nitrogens is 4. The molecule has 2 fully saturated rings. The molecule has 0 aromatic carbocycles. The minimum absolute atomic E-state index is 0.142. The van der Waals surface area contributed by atoms with Crippen molar-refractivity contribution in [2.45, 2.75) is 32.2 Å². The Balaban J connectivity index is 1.47. The first-order valence-corrected chi connectivity index (χ1v) is 9.13. The van der Waals surface area contributed by atoms with Gasteiger partial charge < -0.3 is 19.6 Å². The van der Waals surface area contributed by atoms with Crippen LogP contribution in [0.25, 0.3) is 11.5 Å². The number of piperidine rings is 1. The van der Waals surface area contributed by atoms with E-state index in [0.29, 0.717) is 23.8 Å². The summed E-state index contributed by atoms with van der Waals surface area (Å²) in [7, 11) is 0. The number of carbonyl (C=O) groups is 1. The van der Waals surface area contributed by atoms with Crippen molar-refractivity contribution in [3.8, 4) is 11.5 Å². The second-order valence-electron chi connectivity index (χ2n) is 6.67. The average molecular weight is 357 g/mol. The maximum absolute atomic E-state index is 12.1. The fourth-order valence-corrected chi connectivity index (χ4v) is 3.37. The van der Waals surface area contributed by atoms with Crippen molar-refractivity contribution in [2.24, 2.45) is 0 Å². The molecule has 0 radical (unpaired) electrons. The van der Waals surface area contributed by atoms with Crippen LogP contribution in [0, 0.1) is 0 Å². The fourth-order valence-electron chi connectivity index (χ4n) is 3.37. The van der Waals surface area contributed by atoms with E-state index in [4.69, 9.17) is 4.52 Å². The van der Waals surface area contributed by atoms with E-state index in [9.17, 15) is 4.79 Å². The van der Waals surface area contributed by atoms with Gasteiger partial charge in [0.2, 0.25) is 17.6 Å². The van der Waals surface area contributed by atoms with Gasteiger partial charge in [0, 0.05) is 39.1 Å². The van der Waals surface area contributed by atoms with Gasteiger partial charge in [0.1, 0.15) is 17.6 Å². The van der Waals surface area contributed by atoms with Crippen LogP contribution in [0.4, 0.5) is 5.82 Å². The highest BCUT2D eigenvalue weighted by Crippen LogP contribution is 2.25. The van der Waals surface area contributed by atoms with Crippen molar-refractivity contribution in [3.05, 3.63) is 18.3 Å². The summed E-state index contributed by atoms with van der Waals surface area (Å²) in [6, 6.07) is -0.225. The van der Waals surface area contributed by atoms with Crippen molar-refractivity contribution in [1.82, 2.24) is 30.3 Å². The highest BCUT2D eigenvalue weighted by atomic mass is 16.5. The second-order valence-corrected chi connectivity index (χ2v) is 6.67. The van der Waals surface area contributed by atoms with E-state index >= 15 is 0 Å². The predicted molar refractivity (Wildman–Crippen MR) is 94.4 cm³/mol. The van der Waals surface area contributed by atoms with Gasteiger partial charge in [-0.1, -0.05) is 5.16 Å². The fraction of sp³-hybridized carbons (Fsp3) is 0.588. The molecule has 2 aromatic rings. The molecule has 1 unspecified atom stereocenters. The largest absolute Gasteiger partial charge is 0.353 e. The monoisotopic (exact) mass is 357 g/mol. The number of carbonyl (C=O) groups excluding carboxylic acids is 1. The lowest BCUT2D eigenvalue weighted by molar-refractivity contribution is -0.136. The second kappa shape index (κ2) is 7.36. The van der Waals surface area contributed by atoms with Gasteiger partial charge in [-0.25, -0.2) is 9.97 Å². The Labute approximate surface area is 151 Å². The molecule has 0 spiro atoms. The highest BCUT2D eigenvalue weighted by Gasteiger charge is 2.28. The van der Waals surface area contributed by atoms with Crippen LogP contribution in [0.15, 0.2) is 16.9 Å². The number of rotatable bonds is 4. The maximum atomic E-state index is 12.1. The minimum Gasteiger partial charge on any atom is -0.353 e. The molecular formula is C17H23N7O2. The molecule has 0 aliphatic carbocycles. The zero-order valence-corrected chi connectivity index (χ0v) is 14.9. The van der Waals surface area contributed by atoms with E-state index in [1.807, 2.05) is 6.92 Å². The van der Waals surface area contributed by atoms with Crippen LogP contribution in [0.3, 0.4) is 0 Å². The first-order valence-electron chi connectivity index (χ1n) is 9.13. The minimum atomic E-state index is -0.225. The lowest BCUT2D eigenvalue weighted by Gasteiger charge is -2.30. The summed E-state index contributed by atoms with van der Waals surface area (Å²) in [6.45, 7) is 6.38. The molecule has 0 bridgehead atoms. The van der Waals surface area contributed by atoms with Gasteiger partial charge in [0.25, 0.3) is 0 Å². The van der Waals surface area contributed by atoms with Crippen molar-refractivity contribution in [3.63, 3.8) is 0 Å². The van der Waals surface area contributed by atoms with E-state index in [1.54, 1.807) is 17.3 Å². The third kappa shape index (κ3) is 3.39. The Morgan fingerprint density at radius 1 is 1.15 bits per heavy atom. The number of anilines is 1. The molecule has 9 nitrogen and oxygen atoms in total. The zero-order valence-electron chi connectivity index (χ0n) is 14.9. The highest BCUT2D eigenvalue weighted by molar-refractivity contribution is 5.77. The molecule has 4 heterocycles. The van der Waals surface area contributed by atoms with Crippen LogP contribution in [0.1, 0.15) is 38.1 Å². The zero-order chi connectivity index (χ0) is 17.9. The summed E-state index contributed by atoms with van der Waals surface area (Å²) >= 11 is 0. The van der Waals surface area contributed by atoms with Gasteiger partial charge in [-0.05, 0) is 19.8 Å². The lowest BCUT2D eigenvalue weighted by Crippen LogP contribution is -2.43. The molecule has 2 aromatic heterocycles. The molecule has 0 saturated carbocycles. The Morgan fingerprint density at radius 3 is 2.73 bits per heavy atom. The molecule has 9 heteroatoms. The summed E-state index contributed by atoms with van der Waals surface area (Å²) < 4.78 is 5.39. The van der Waals surface area contributed by atoms with Crippen LogP contribution in [-0.2, 0) is 4.79 Å². The molecule has 1 amide bonds. The molecule has 1 N–H and O–H groups in total.